The summed E-state index contributed by atoms with van der Waals surface area (Å²) in [6.07, 6.45) is -1.17. The van der Waals surface area contributed by atoms with Gasteiger partial charge in [-0.1, -0.05) is 27.7 Å². The molecule has 0 heterocycles. The second kappa shape index (κ2) is 3.94. The number of aliphatic hydroxyl groups is 2. The van der Waals surface area contributed by atoms with Crippen LogP contribution in [0.4, 0.5) is 0 Å². The van der Waals surface area contributed by atoms with Crippen LogP contribution < -0.4 is 0 Å². The van der Waals surface area contributed by atoms with Crippen LogP contribution in [0, 0.1) is 17.8 Å². The van der Waals surface area contributed by atoms with Crippen LogP contribution in [-0.4, -0.2) is 16.5 Å². The van der Waals surface area contributed by atoms with Crippen molar-refractivity contribution in [2.75, 3.05) is 0 Å². The zero-order valence-corrected chi connectivity index (χ0v) is 7.20. The molecule has 0 saturated heterocycles. The van der Waals surface area contributed by atoms with E-state index in [2.05, 4.69) is 13.8 Å². The maximum atomic E-state index is 8.80. The zero-order chi connectivity index (χ0) is 8.31. The second-order valence-corrected chi connectivity index (χ2v) is 3.38. The summed E-state index contributed by atoms with van der Waals surface area (Å²) in [6, 6.07) is 0. The van der Waals surface area contributed by atoms with Gasteiger partial charge >= 0.3 is 0 Å². The van der Waals surface area contributed by atoms with E-state index in [1.807, 2.05) is 13.8 Å². The third-order valence-electron chi connectivity index (χ3n) is 2.35. The highest BCUT2D eigenvalue weighted by molar-refractivity contribution is 4.65. The summed E-state index contributed by atoms with van der Waals surface area (Å²) in [4.78, 5) is 0. The van der Waals surface area contributed by atoms with Gasteiger partial charge in [-0.25, -0.2) is 0 Å². The number of hydrogen-bond donors (Lipinski definition) is 2. The first-order chi connectivity index (χ1) is 4.46. The van der Waals surface area contributed by atoms with E-state index >= 15 is 0 Å². The summed E-state index contributed by atoms with van der Waals surface area (Å²) in [5, 5.41) is 17.6. The van der Waals surface area contributed by atoms with Crippen molar-refractivity contribution in [1.29, 1.82) is 0 Å². The van der Waals surface area contributed by atoms with E-state index in [0.29, 0.717) is 11.8 Å². The molecular formula is C8H18O2. The Kier molecular flexibility index (Phi) is 3.91. The maximum absolute atomic E-state index is 8.80. The Hall–Kier alpha value is -0.0800. The molecule has 62 valence electrons. The molecular weight excluding hydrogens is 128 g/mol. The highest BCUT2D eigenvalue weighted by Crippen LogP contribution is 2.21. The number of aliphatic hydroxyl groups excluding tert-OH is 1. The van der Waals surface area contributed by atoms with E-state index in [4.69, 9.17) is 10.2 Å². The molecule has 0 aliphatic heterocycles. The molecule has 2 atom stereocenters. The standard InChI is InChI=1S/C8H18O2/c1-5(2)6(3)7(4)8(9)10/h5-10H,1-4H3. The largest absolute Gasteiger partial charge is 0.368 e. The minimum atomic E-state index is -1.17. The van der Waals surface area contributed by atoms with E-state index in [1.54, 1.807) is 0 Å². The summed E-state index contributed by atoms with van der Waals surface area (Å²) in [6.45, 7) is 8.07. The van der Waals surface area contributed by atoms with Gasteiger partial charge in [0.1, 0.15) is 0 Å². The lowest BCUT2D eigenvalue weighted by atomic mass is 9.86. The molecule has 2 nitrogen and oxygen atoms in total. The molecule has 0 aromatic rings. The van der Waals surface area contributed by atoms with Gasteiger partial charge in [0.25, 0.3) is 0 Å². The molecule has 0 aromatic carbocycles. The highest BCUT2D eigenvalue weighted by Gasteiger charge is 2.20. The lowest BCUT2D eigenvalue weighted by Crippen LogP contribution is -2.26. The van der Waals surface area contributed by atoms with E-state index in [-0.39, 0.29) is 5.92 Å². The molecule has 0 rings (SSSR count). The highest BCUT2D eigenvalue weighted by atomic mass is 16.5. The third-order valence-corrected chi connectivity index (χ3v) is 2.35. The lowest BCUT2D eigenvalue weighted by molar-refractivity contribution is -0.0972. The van der Waals surface area contributed by atoms with Gasteiger partial charge in [0, 0.05) is 5.92 Å². The van der Waals surface area contributed by atoms with Crippen molar-refractivity contribution in [2.45, 2.75) is 34.0 Å². The van der Waals surface area contributed by atoms with Crippen LogP contribution in [0.3, 0.4) is 0 Å². The average molecular weight is 146 g/mol. The molecule has 0 amide bonds. The average Bonchev–Trinajstić information content (AvgIpc) is 1.84. The molecule has 0 bridgehead atoms. The normalized spacial score (nSPS) is 18.0. The van der Waals surface area contributed by atoms with Crippen LogP contribution in [0.5, 0.6) is 0 Å². The van der Waals surface area contributed by atoms with Gasteiger partial charge in [-0.05, 0) is 11.8 Å². The van der Waals surface area contributed by atoms with Gasteiger partial charge in [0.2, 0.25) is 0 Å². The first kappa shape index (κ1) is 9.92. The van der Waals surface area contributed by atoms with Crippen molar-refractivity contribution in [3.63, 3.8) is 0 Å². The zero-order valence-electron chi connectivity index (χ0n) is 7.20. The first-order valence-corrected chi connectivity index (χ1v) is 3.83. The van der Waals surface area contributed by atoms with Crippen LogP contribution in [0.15, 0.2) is 0 Å². The Morgan fingerprint density at radius 2 is 1.20 bits per heavy atom. The van der Waals surface area contributed by atoms with Crippen LogP contribution in [0.25, 0.3) is 0 Å². The van der Waals surface area contributed by atoms with Crippen molar-refractivity contribution in [1.82, 2.24) is 0 Å². The quantitative estimate of drug-likeness (QED) is 0.588. The number of rotatable bonds is 3. The predicted octanol–water partition coefficient (Wildman–Crippen LogP) is 1.23. The Morgan fingerprint density at radius 3 is 1.30 bits per heavy atom. The molecule has 0 aromatic heterocycles. The fourth-order valence-electron chi connectivity index (χ4n) is 0.879. The number of hydrogen-bond acceptors (Lipinski definition) is 2. The van der Waals surface area contributed by atoms with Crippen molar-refractivity contribution in [3.05, 3.63) is 0 Å². The smallest absolute Gasteiger partial charge is 0.154 e. The van der Waals surface area contributed by atoms with E-state index in [1.165, 1.54) is 0 Å². The molecule has 10 heavy (non-hydrogen) atoms. The molecule has 0 saturated carbocycles. The molecule has 2 heteroatoms. The molecule has 0 aliphatic carbocycles. The summed E-state index contributed by atoms with van der Waals surface area (Å²) >= 11 is 0. The Labute approximate surface area is 62.9 Å². The molecule has 2 N–H and O–H groups in total. The van der Waals surface area contributed by atoms with Crippen LogP contribution in [0.1, 0.15) is 27.7 Å². The molecule has 0 spiro atoms. The van der Waals surface area contributed by atoms with E-state index < -0.39 is 6.29 Å². The van der Waals surface area contributed by atoms with E-state index in [0.717, 1.165) is 0 Å². The molecule has 0 fully saturated rings. The van der Waals surface area contributed by atoms with Gasteiger partial charge in [0.15, 0.2) is 6.29 Å². The summed E-state index contributed by atoms with van der Waals surface area (Å²) < 4.78 is 0. The summed E-state index contributed by atoms with van der Waals surface area (Å²) in [7, 11) is 0. The van der Waals surface area contributed by atoms with Crippen molar-refractivity contribution >= 4 is 0 Å². The summed E-state index contributed by atoms with van der Waals surface area (Å²) in [5.41, 5.74) is 0. The van der Waals surface area contributed by atoms with Crippen molar-refractivity contribution in [2.24, 2.45) is 17.8 Å². The Bertz CT molecular complexity index is 77.3. The van der Waals surface area contributed by atoms with Gasteiger partial charge in [0.05, 0.1) is 0 Å². The van der Waals surface area contributed by atoms with E-state index in [9.17, 15) is 0 Å². The monoisotopic (exact) mass is 146 g/mol. The second-order valence-electron chi connectivity index (χ2n) is 3.38. The topological polar surface area (TPSA) is 40.5 Å². The van der Waals surface area contributed by atoms with Gasteiger partial charge in [-0.2, -0.15) is 0 Å². The van der Waals surface area contributed by atoms with Gasteiger partial charge in [-0.3, -0.25) is 0 Å². The molecule has 2 unspecified atom stereocenters. The Balaban J connectivity index is 3.81. The minimum absolute atomic E-state index is 0.0278. The van der Waals surface area contributed by atoms with Crippen molar-refractivity contribution < 1.29 is 10.2 Å². The minimum Gasteiger partial charge on any atom is -0.368 e. The van der Waals surface area contributed by atoms with Gasteiger partial charge in [-0.15, -0.1) is 0 Å². The third kappa shape index (κ3) is 2.67. The molecule has 0 aliphatic rings. The first-order valence-electron chi connectivity index (χ1n) is 3.83. The molecule has 0 radical (unpaired) electrons. The van der Waals surface area contributed by atoms with Crippen molar-refractivity contribution in [3.8, 4) is 0 Å². The van der Waals surface area contributed by atoms with Crippen LogP contribution in [0.2, 0.25) is 0 Å². The lowest BCUT2D eigenvalue weighted by Gasteiger charge is -2.24. The maximum Gasteiger partial charge on any atom is 0.154 e. The van der Waals surface area contributed by atoms with Gasteiger partial charge < -0.3 is 10.2 Å². The van der Waals surface area contributed by atoms with Crippen LogP contribution in [-0.2, 0) is 0 Å². The fraction of sp³-hybridized carbons (Fsp3) is 1.00. The fourth-order valence-corrected chi connectivity index (χ4v) is 0.879. The van der Waals surface area contributed by atoms with Crippen LogP contribution >= 0.6 is 0 Å². The predicted molar refractivity (Wildman–Crippen MR) is 41.4 cm³/mol. The Morgan fingerprint density at radius 1 is 0.800 bits per heavy atom. The summed E-state index contributed by atoms with van der Waals surface area (Å²) in [5.74, 6) is 0.844. The SMILES string of the molecule is CC(C)C(C)C(C)C(O)O.